The summed E-state index contributed by atoms with van der Waals surface area (Å²) >= 11 is 0. The smallest absolute Gasteiger partial charge is 0.145 e. The van der Waals surface area contributed by atoms with Crippen LogP contribution in [0.15, 0.2) is 30.5 Å². The molecule has 3 aromatic rings. The van der Waals surface area contributed by atoms with Crippen molar-refractivity contribution in [2.45, 2.75) is 13.8 Å². The first kappa shape index (κ1) is 12.4. The predicted octanol–water partition coefficient (Wildman–Crippen LogP) is 3.12. The maximum atomic E-state index is 9.33. The molecule has 0 unspecified atom stereocenters. The fourth-order valence-electron chi connectivity index (χ4n) is 2.47. The van der Waals surface area contributed by atoms with Crippen molar-refractivity contribution in [1.29, 1.82) is 5.26 Å². The summed E-state index contributed by atoms with van der Waals surface area (Å²) in [6.45, 7) is 3.92. The number of benzene rings is 1. The van der Waals surface area contributed by atoms with Crippen molar-refractivity contribution in [3.63, 3.8) is 0 Å². The number of rotatable bonds is 1. The molecule has 4 heteroatoms. The molecule has 4 nitrogen and oxygen atoms in total. The fraction of sp³-hybridized carbons (Fsp3) is 0.188. The van der Waals surface area contributed by atoms with Crippen molar-refractivity contribution < 1.29 is 0 Å². The lowest BCUT2D eigenvalue weighted by Gasteiger charge is -2.06. The van der Waals surface area contributed by atoms with Crippen molar-refractivity contribution in [2.75, 3.05) is 0 Å². The van der Waals surface area contributed by atoms with Crippen molar-refractivity contribution in [1.82, 2.24) is 14.5 Å². The SMILES string of the molecule is Cc1cccc(-c2nc(C)nc3c2c(C#N)cn3C)c1. The number of hydrogen-bond acceptors (Lipinski definition) is 3. The van der Waals surface area contributed by atoms with Gasteiger partial charge in [-0.15, -0.1) is 0 Å². The van der Waals surface area contributed by atoms with E-state index in [-0.39, 0.29) is 0 Å². The number of aromatic nitrogens is 3. The highest BCUT2D eigenvalue weighted by molar-refractivity contribution is 5.95. The second kappa shape index (κ2) is 4.46. The molecule has 20 heavy (non-hydrogen) atoms. The first-order valence-corrected chi connectivity index (χ1v) is 6.41. The first-order chi connectivity index (χ1) is 9.60. The summed E-state index contributed by atoms with van der Waals surface area (Å²) in [7, 11) is 1.90. The fourth-order valence-corrected chi connectivity index (χ4v) is 2.47. The molecule has 98 valence electrons. The number of nitriles is 1. The lowest BCUT2D eigenvalue weighted by molar-refractivity contribution is 0.931. The van der Waals surface area contributed by atoms with Crippen LogP contribution in [0.5, 0.6) is 0 Å². The maximum Gasteiger partial charge on any atom is 0.145 e. The lowest BCUT2D eigenvalue weighted by Crippen LogP contribution is -1.96. The molecular weight excluding hydrogens is 248 g/mol. The second-order valence-corrected chi connectivity index (χ2v) is 4.95. The van der Waals surface area contributed by atoms with Gasteiger partial charge in [-0.1, -0.05) is 23.8 Å². The van der Waals surface area contributed by atoms with Gasteiger partial charge in [0.05, 0.1) is 16.6 Å². The number of hydrogen-bond donors (Lipinski definition) is 0. The third kappa shape index (κ3) is 1.84. The van der Waals surface area contributed by atoms with Crippen LogP contribution >= 0.6 is 0 Å². The Hall–Kier alpha value is -2.67. The minimum Gasteiger partial charge on any atom is -0.334 e. The van der Waals surface area contributed by atoms with Gasteiger partial charge in [-0.25, -0.2) is 9.97 Å². The molecule has 0 bridgehead atoms. The minimum absolute atomic E-state index is 0.610. The molecule has 0 amide bonds. The van der Waals surface area contributed by atoms with Crippen LogP contribution in [0.2, 0.25) is 0 Å². The summed E-state index contributed by atoms with van der Waals surface area (Å²) in [4.78, 5) is 9.01. The Morgan fingerprint density at radius 3 is 2.70 bits per heavy atom. The number of aryl methyl sites for hydroxylation is 3. The molecule has 1 aromatic carbocycles. The summed E-state index contributed by atoms with van der Waals surface area (Å²) in [6, 6.07) is 10.4. The second-order valence-electron chi connectivity index (χ2n) is 4.95. The molecule has 0 aliphatic carbocycles. The van der Waals surface area contributed by atoms with Gasteiger partial charge in [-0.05, 0) is 19.9 Å². The largest absolute Gasteiger partial charge is 0.334 e. The van der Waals surface area contributed by atoms with E-state index in [9.17, 15) is 5.26 Å². The van der Waals surface area contributed by atoms with E-state index < -0.39 is 0 Å². The van der Waals surface area contributed by atoms with Crippen molar-refractivity contribution in [2.24, 2.45) is 7.05 Å². The monoisotopic (exact) mass is 262 g/mol. The Morgan fingerprint density at radius 1 is 1.20 bits per heavy atom. The topological polar surface area (TPSA) is 54.5 Å². The van der Waals surface area contributed by atoms with Gasteiger partial charge in [0.1, 0.15) is 17.5 Å². The standard InChI is InChI=1S/C16H14N4/c1-10-5-4-6-12(7-10)15-14-13(8-17)9-20(3)16(14)19-11(2)18-15/h4-7,9H,1-3H3. The number of nitrogens with zero attached hydrogens (tertiary/aromatic N) is 4. The lowest BCUT2D eigenvalue weighted by atomic mass is 10.0. The van der Waals surface area contributed by atoms with E-state index in [0.717, 1.165) is 22.3 Å². The zero-order chi connectivity index (χ0) is 14.3. The van der Waals surface area contributed by atoms with Crippen molar-refractivity contribution in [3.05, 3.63) is 47.4 Å². The average Bonchev–Trinajstić information content (AvgIpc) is 2.75. The van der Waals surface area contributed by atoms with Crippen LogP contribution in [-0.2, 0) is 7.05 Å². The van der Waals surface area contributed by atoms with Crippen LogP contribution in [0.3, 0.4) is 0 Å². The normalized spacial score (nSPS) is 10.7. The zero-order valence-corrected chi connectivity index (χ0v) is 11.7. The Labute approximate surface area is 117 Å². The van der Waals surface area contributed by atoms with Crippen molar-refractivity contribution in [3.8, 4) is 17.3 Å². The Balaban J connectivity index is 2.43. The Kier molecular flexibility index (Phi) is 2.76. The van der Waals surface area contributed by atoms with E-state index in [4.69, 9.17) is 0 Å². The molecular formula is C16H14N4. The van der Waals surface area contributed by atoms with Gasteiger partial charge in [0.2, 0.25) is 0 Å². The molecule has 0 fully saturated rings. The van der Waals surface area contributed by atoms with E-state index in [1.165, 1.54) is 5.56 Å². The molecule has 0 atom stereocenters. The van der Waals surface area contributed by atoms with Gasteiger partial charge in [0, 0.05) is 18.8 Å². The molecule has 2 aromatic heterocycles. The van der Waals surface area contributed by atoms with Crippen LogP contribution in [-0.4, -0.2) is 14.5 Å². The van der Waals surface area contributed by atoms with Gasteiger partial charge < -0.3 is 4.57 Å². The highest BCUT2D eigenvalue weighted by Crippen LogP contribution is 2.30. The summed E-state index contributed by atoms with van der Waals surface area (Å²) in [5.74, 6) is 0.708. The molecule has 0 spiro atoms. The van der Waals surface area contributed by atoms with Gasteiger partial charge in [-0.2, -0.15) is 5.26 Å². The van der Waals surface area contributed by atoms with E-state index in [1.807, 2.05) is 43.7 Å². The number of fused-ring (bicyclic) bond motifs is 1. The van der Waals surface area contributed by atoms with Crippen LogP contribution in [0.25, 0.3) is 22.3 Å². The summed E-state index contributed by atoms with van der Waals surface area (Å²) in [5.41, 5.74) is 4.42. The van der Waals surface area contributed by atoms with Gasteiger partial charge in [-0.3, -0.25) is 0 Å². The maximum absolute atomic E-state index is 9.33. The van der Waals surface area contributed by atoms with Crippen LogP contribution in [0.1, 0.15) is 17.0 Å². The summed E-state index contributed by atoms with van der Waals surface area (Å²) in [5, 5.41) is 10.2. The highest BCUT2D eigenvalue weighted by atomic mass is 15.0. The van der Waals surface area contributed by atoms with Gasteiger partial charge >= 0.3 is 0 Å². The van der Waals surface area contributed by atoms with E-state index >= 15 is 0 Å². The van der Waals surface area contributed by atoms with Gasteiger partial charge in [0.25, 0.3) is 0 Å². The molecule has 0 radical (unpaired) electrons. The van der Waals surface area contributed by atoms with E-state index in [2.05, 4.69) is 22.1 Å². The zero-order valence-electron chi connectivity index (χ0n) is 11.7. The molecule has 0 N–H and O–H groups in total. The van der Waals surface area contributed by atoms with E-state index in [1.54, 1.807) is 6.20 Å². The quantitative estimate of drug-likeness (QED) is 0.677. The third-order valence-corrected chi connectivity index (χ3v) is 3.34. The third-order valence-electron chi connectivity index (χ3n) is 3.34. The average molecular weight is 262 g/mol. The van der Waals surface area contributed by atoms with E-state index in [0.29, 0.717) is 11.4 Å². The summed E-state index contributed by atoms with van der Waals surface area (Å²) < 4.78 is 1.88. The molecule has 3 rings (SSSR count). The Bertz CT molecular complexity index is 853. The predicted molar refractivity (Wildman–Crippen MR) is 78.1 cm³/mol. The molecule has 2 heterocycles. The van der Waals surface area contributed by atoms with Crippen LogP contribution in [0.4, 0.5) is 0 Å². The first-order valence-electron chi connectivity index (χ1n) is 6.41. The molecule has 0 saturated heterocycles. The van der Waals surface area contributed by atoms with Crippen molar-refractivity contribution >= 4 is 11.0 Å². The summed E-state index contributed by atoms with van der Waals surface area (Å²) in [6.07, 6.45) is 1.80. The molecule has 0 aliphatic heterocycles. The Morgan fingerprint density at radius 2 is 2.00 bits per heavy atom. The molecule has 0 saturated carbocycles. The highest BCUT2D eigenvalue weighted by Gasteiger charge is 2.15. The van der Waals surface area contributed by atoms with Crippen LogP contribution < -0.4 is 0 Å². The minimum atomic E-state index is 0.610. The molecule has 0 aliphatic rings. The van der Waals surface area contributed by atoms with Crippen LogP contribution in [0, 0.1) is 25.2 Å². The van der Waals surface area contributed by atoms with Gasteiger partial charge in [0.15, 0.2) is 0 Å².